The molecule has 0 bridgehead atoms. The van der Waals surface area contributed by atoms with Crippen LogP contribution in [-0.2, 0) is 4.79 Å². The number of anilines is 1. The molecule has 1 aromatic heterocycles. The molecule has 0 aliphatic carbocycles. The van der Waals surface area contributed by atoms with Gasteiger partial charge < -0.3 is 20.9 Å². The van der Waals surface area contributed by atoms with Crippen molar-refractivity contribution in [3.05, 3.63) is 18.5 Å². The van der Waals surface area contributed by atoms with E-state index >= 15 is 0 Å². The van der Waals surface area contributed by atoms with Crippen molar-refractivity contribution in [3.63, 3.8) is 0 Å². The first-order chi connectivity index (χ1) is 12.1. The average Bonchev–Trinajstić information content (AvgIpc) is 2.62. The Hall–Kier alpha value is -2.38. The normalized spacial score (nSPS) is 18.3. The van der Waals surface area contributed by atoms with E-state index in [2.05, 4.69) is 30.8 Å². The van der Waals surface area contributed by atoms with Crippen LogP contribution in [0.15, 0.2) is 18.5 Å². The summed E-state index contributed by atoms with van der Waals surface area (Å²) in [5.74, 6) is 0.649. The molecule has 8 heteroatoms. The highest BCUT2D eigenvalue weighted by atomic mass is 16.2. The second-order valence-electron chi connectivity index (χ2n) is 6.36. The number of rotatable bonds is 7. The average molecular weight is 348 g/mol. The summed E-state index contributed by atoms with van der Waals surface area (Å²) in [7, 11) is 0. The van der Waals surface area contributed by atoms with Gasteiger partial charge in [0, 0.05) is 50.5 Å². The summed E-state index contributed by atoms with van der Waals surface area (Å²) in [5, 5.41) is 8.59. The van der Waals surface area contributed by atoms with E-state index in [-0.39, 0.29) is 30.4 Å². The number of amides is 3. The van der Waals surface area contributed by atoms with Crippen LogP contribution in [-0.4, -0.2) is 53.6 Å². The Labute approximate surface area is 148 Å². The first-order valence-corrected chi connectivity index (χ1v) is 8.94. The zero-order valence-electron chi connectivity index (χ0n) is 15.0. The standard InChI is InChI=1S/C17H28N6O2/c1-3-13(2)21-15(24)7-10-20-17(25)22-14-6-4-11-23(12-14)16-18-8-5-9-19-16/h5,8-9,13-14H,3-4,6-7,10-12H2,1-2H3,(H,21,24)(H2,20,22,25)/t13-,14-/m1/s1. The molecule has 3 amide bonds. The lowest BCUT2D eigenvalue weighted by Crippen LogP contribution is -2.51. The molecule has 1 fully saturated rings. The first-order valence-electron chi connectivity index (χ1n) is 8.94. The van der Waals surface area contributed by atoms with Crippen molar-refractivity contribution in [2.24, 2.45) is 0 Å². The number of nitrogens with one attached hydrogen (secondary N) is 3. The summed E-state index contributed by atoms with van der Waals surface area (Å²) >= 11 is 0. The van der Waals surface area contributed by atoms with Gasteiger partial charge in [-0.2, -0.15) is 0 Å². The van der Waals surface area contributed by atoms with Crippen LogP contribution < -0.4 is 20.9 Å². The molecular formula is C17H28N6O2. The van der Waals surface area contributed by atoms with Gasteiger partial charge in [0.25, 0.3) is 0 Å². The summed E-state index contributed by atoms with van der Waals surface area (Å²) in [4.78, 5) is 34.3. The van der Waals surface area contributed by atoms with Gasteiger partial charge in [-0.25, -0.2) is 14.8 Å². The van der Waals surface area contributed by atoms with Gasteiger partial charge in [0.15, 0.2) is 0 Å². The summed E-state index contributed by atoms with van der Waals surface area (Å²) in [6.07, 6.45) is 6.51. The van der Waals surface area contributed by atoms with Gasteiger partial charge in [0.05, 0.1) is 0 Å². The number of aromatic nitrogens is 2. The number of carbonyl (C=O) groups excluding carboxylic acids is 2. The SMILES string of the molecule is CC[C@@H](C)NC(=O)CCNC(=O)N[C@@H]1CCCN(c2ncccn2)C1. The van der Waals surface area contributed by atoms with E-state index in [4.69, 9.17) is 0 Å². The molecule has 1 saturated heterocycles. The largest absolute Gasteiger partial charge is 0.354 e. The van der Waals surface area contributed by atoms with Gasteiger partial charge in [-0.3, -0.25) is 4.79 Å². The molecule has 25 heavy (non-hydrogen) atoms. The Morgan fingerprint density at radius 1 is 1.36 bits per heavy atom. The maximum Gasteiger partial charge on any atom is 0.315 e. The molecule has 2 atom stereocenters. The number of nitrogens with zero attached hydrogens (tertiary/aromatic N) is 3. The third-order valence-corrected chi connectivity index (χ3v) is 4.25. The number of hydrogen-bond acceptors (Lipinski definition) is 5. The Morgan fingerprint density at radius 3 is 2.84 bits per heavy atom. The predicted octanol–water partition coefficient (Wildman–Crippen LogP) is 1.05. The third-order valence-electron chi connectivity index (χ3n) is 4.25. The molecule has 8 nitrogen and oxygen atoms in total. The van der Waals surface area contributed by atoms with Crippen molar-refractivity contribution in [1.29, 1.82) is 0 Å². The van der Waals surface area contributed by atoms with Crippen molar-refractivity contribution >= 4 is 17.9 Å². The van der Waals surface area contributed by atoms with Gasteiger partial charge in [0.2, 0.25) is 11.9 Å². The quantitative estimate of drug-likeness (QED) is 0.684. The highest BCUT2D eigenvalue weighted by Gasteiger charge is 2.22. The van der Waals surface area contributed by atoms with Crippen molar-refractivity contribution < 1.29 is 9.59 Å². The molecule has 138 valence electrons. The van der Waals surface area contributed by atoms with Crippen molar-refractivity contribution in [3.8, 4) is 0 Å². The zero-order valence-corrected chi connectivity index (χ0v) is 15.0. The predicted molar refractivity (Wildman–Crippen MR) is 96.3 cm³/mol. The van der Waals surface area contributed by atoms with Gasteiger partial charge in [-0.05, 0) is 32.3 Å². The van der Waals surface area contributed by atoms with Gasteiger partial charge >= 0.3 is 6.03 Å². The van der Waals surface area contributed by atoms with Crippen LogP contribution >= 0.6 is 0 Å². The highest BCUT2D eigenvalue weighted by molar-refractivity contribution is 5.78. The van der Waals surface area contributed by atoms with E-state index in [0.29, 0.717) is 19.0 Å². The number of hydrogen-bond donors (Lipinski definition) is 3. The molecule has 0 saturated carbocycles. The lowest BCUT2D eigenvalue weighted by Gasteiger charge is -2.33. The number of urea groups is 1. The van der Waals surface area contributed by atoms with E-state index < -0.39 is 0 Å². The first kappa shape index (κ1) is 19.0. The van der Waals surface area contributed by atoms with Crippen LogP contribution in [0.25, 0.3) is 0 Å². The molecule has 3 N–H and O–H groups in total. The Balaban J connectivity index is 1.69. The van der Waals surface area contributed by atoms with Crippen LogP contribution in [0.1, 0.15) is 39.5 Å². The summed E-state index contributed by atoms with van der Waals surface area (Å²) < 4.78 is 0. The minimum absolute atomic E-state index is 0.0419. The lowest BCUT2D eigenvalue weighted by atomic mass is 10.1. The second kappa shape index (κ2) is 9.80. The van der Waals surface area contributed by atoms with Crippen molar-refractivity contribution in [2.45, 2.75) is 51.6 Å². The summed E-state index contributed by atoms with van der Waals surface area (Å²) in [6, 6.07) is 1.76. The van der Waals surface area contributed by atoms with Gasteiger partial charge in [-0.15, -0.1) is 0 Å². The van der Waals surface area contributed by atoms with Crippen molar-refractivity contribution in [1.82, 2.24) is 25.9 Å². The Bertz CT molecular complexity index is 553. The van der Waals surface area contributed by atoms with E-state index in [1.165, 1.54) is 0 Å². The summed E-state index contributed by atoms with van der Waals surface area (Å²) in [6.45, 7) is 5.88. The molecule has 0 aromatic carbocycles. The van der Waals surface area contributed by atoms with E-state index in [1.54, 1.807) is 18.5 Å². The molecule has 1 aromatic rings. The van der Waals surface area contributed by atoms with E-state index in [0.717, 1.165) is 25.8 Å². The minimum atomic E-state index is -0.239. The molecule has 2 rings (SSSR count). The monoisotopic (exact) mass is 348 g/mol. The zero-order chi connectivity index (χ0) is 18.1. The molecule has 0 radical (unpaired) electrons. The van der Waals surface area contributed by atoms with Crippen molar-refractivity contribution in [2.75, 3.05) is 24.5 Å². The molecule has 2 heterocycles. The molecule has 1 aliphatic rings. The third kappa shape index (κ3) is 6.56. The molecule has 0 unspecified atom stereocenters. The van der Waals surface area contributed by atoms with E-state index in [1.807, 2.05) is 13.8 Å². The minimum Gasteiger partial charge on any atom is -0.354 e. The lowest BCUT2D eigenvalue weighted by molar-refractivity contribution is -0.121. The molecular weight excluding hydrogens is 320 g/mol. The maximum absolute atomic E-state index is 12.0. The van der Waals surface area contributed by atoms with Gasteiger partial charge in [-0.1, -0.05) is 6.92 Å². The van der Waals surface area contributed by atoms with Crippen LogP contribution in [0.3, 0.4) is 0 Å². The van der Waals surface area contributed by atoms with Crippen LogP contribution in [0.4, 0.5) is 10.7 Å². The fraction of sp³-hybridized carbons (Fsp3) is 0.647. The topological polar surface area (TPSA) is 99.2 Å². The second-order valence-corrected chi connectivity index (χ2v) is 6.36. The maximum atomic E-state index is 12.0. The molecule has 0 spiro atoms. The van der Waals surface area contributed by atoms with E-state index in [9.17, 15) is 9.59 Å². The van der Waals surface area contributed by atoms with Crippen LogP contribution in [0.5, 0.6) is 0 Å². The highest BCUT2D eigenvalue weighted by Crippen LogP contribution is 2.15. The molecule has 1 aliphatic heterocycles. The van der Waals surface area contributed by atoms with Crippen LogP contribution in [0, 0.1) is 0 Å². The van der Waals surface area contributed by atoms with Crippen LogP contribution in [0.2, 0.25) is 0 Å². The fourth-order valence-corrected chi connectivity index (χ4v) is 2.71. The summed E-state index contributed by atoms with van der Waals surface area (Å²) in [5.41, 5.74) is 0. The smallest absolute Gasteiger partial charge is 0.315 e. The Morgan fingerprint density at radius 2 is 2.12 bits per heavy atom. The number of piperidine rings is 1. The van der Waals surface area contributed by atoms with Gasteiger partial charge in [0.1, 0.15) is 0 Å². The fourth-order valence-electron chi connectivity index (χ4n) is 2.71. The number of carbonyl (C=O) groups is 2. The Kier molecular flexibility index (Phi) is 7.43.